The second-order valence-electron chi connectivity index (χ2n) is 5.63. The number of rotatable bonds is 2. The topological polar surface area (TPSA) is 66.3 Å². The second-order valence-corrected chi connectivity index (χ2v) is 5.63. The highest BCUT2D eigenvalue weighted by molar-refractivity contribution is 5.91. The maximum atomic E-state index is 11.4. The van der Waals surface area contributed by atoms with Crippen LogP contribution in [-0.2, 0) is 4.79 Å². The molecule has 2 aromatic rings. The Morgan fingerprint density at radius 3 is 2.95 bits per heavy atom. The average molecular weight is 269 g/mol. The molecule has 3 atom stereocenters. The Labute approximate surface area is 116 Å². The van der Waals surface area contributed by atoms with Gasteiger partial charge in [-0.1, -0.05) is 18.2 Å². The Hall–Kier alpha value is -2.17. The molecular weight excluding hydrogens is 254 g/mol. The van der Waals surface area contributed by atoms with E-state index in [4.69, 9.17) is 0 Å². The number of aliphatic carboxylic acids is 1. The molecule has 2 bridgehead atoms. The van der Waals surface area contributed by atoms with Gasteiger partial charge in [0, 0.05) is 17.5 Å². The van der Waals surface area contributed by atoms with Crippen molar-refractivity contribution in [3.63, 3.8) is 0 Å². The summed E-state index contributed by atoms with van der Waals surface area (Å²) in [5.41, 5.74) is 1.90. The second kappa shape index (κ2) is 4.16. The van der Waals surface area contributed by atoms with Crippen LogP contribution in [0.5, 0.6) is 0 Å². The van der Waals surface area contributed by atoms with E-state index in [2.05, 4.69) is 15.1 Å². The van der Waals surface area contributed by atoms with Gasteiger partial charge in [0.25, 0.3) is 0 Å². The van der Waals surface area contributed by atoms with Crippen LogP contribution in [0.2, 0.25) is 0 Å². The van der Waals surface area contributed by atoms with Crippen molar-refractivity contribution in [3.05, 3.63) is 30.5 Å². The minimum atomic E-state index is -0.673. The van der Waals surface area contributed by atoms with Gasteiger partial charge in [0.2, 0.25) is 0 Å². The highest BCUT2D eigenvalue weighted by Crippen LogP contribution is 2.45. The van der Waals surface area contributed by atoms with Gasteiger partial charge in [-0.25, -0.2) is 0 Å². The Morgan fingerprint density at radius 1 is 1.30 bits per heavy atom. The maximum absolute atomic E-state index is 11.4. The van der Waals surface area contributed by atoms with Crippen molar-refractivity contribution in [2.75, 3.05) is 4.90 Å². The van der Waals surface area contributed by atoms with E-state index in [9.17, 15) is 9.90 Å². The van der Waals surface area contributed by atoms with E-state index in [0.717, 1.165) is 35.9 Å². The number of nitrogens with zero attached hydrogens (tertiary/aromatic N) is 3. The molecule has 0 radical (unpaired) electrons. The van der Waals surface area contributed by atoms with Gasteiger partial charge in [0.15, 0.2) is 0 Å². The Morgan fingerprint density at radius 2 is 2.15 bits per heavy atom. The number of fused-ring (bicyclic) bond motifs is 3. The number of carbonyl (C=O) groups is 1. The van der Waals surface area contributed by atoms with Gasteiger partial charge in [0.05, 0.1) is 23.3 Å². The van der Waals surface area contributed by atoms with E-state index in [1.165, 1.54) is 0 Å². The third-order valence-electron chi connectivity index (χ3n) is 4.66. The minimum absolute atomic E-state index is 0.102. The van der Waals surface area contributed by atoms with Crippen LogP contribution in [0, 0.1) is 5.92 Å². The van der Waals surface area contributed by atoms with Gasteiger partial charge in [-0.15, -0.1) is 0 Å². The molecule has 2 saturated heterocycles. The molecule has 1 aromatic heterocycles. The first-order valence-corrected chi connectivity index (χ1v) is 6.97. The van der Waals surface area contributed by atoms with Crippen LogP contribution in [0.1, 0.15) is 19.3 Å². The number of hydrogen-bond acceptors (Lipinski definition) is 4. The third kappa shape index (κ3) is 1.52. The summed E-state index contributed by atoms with van der Waals surface area (Å²) in [6.45, 7) is 0. The summed E-state index contributed by atoms with van der Waals surface area (Å²) in [7, 11) is 0. The van der Waals surface area contributed by atoms with Gasteiger partial charge in [0.1, 0.15) is 0 Å². The van der Waals surface area contributed by atoms with Gasteiger partial charge in [-0.3, -0.25) is 4.79 Å². The summed E-state index contributed by atoms with van der Waals surface area (Å²) in [6.07, 6.45) is 4.55. The number of anilines is 1. The van der Waals surface area contributed by atoms with Gasteiger partial charge in [-0.2, -0.15) is 10.2 Å². The van der Waals surface area contributed by atoms with Crippen molar-refractivity contribution in [1.29, 1.82) is 0 Å². The number of carboxylic acid groups (broad SMARTS) is 1. The molecule has 0 spiro atoms. The van der Waals surface area contributed by atoms with Crippen LogP contribution < -0.4 is 4.90 Å². The SMILES string of the molecule is O=C(O)C1CC2CCC1N2c1cnnc2ccccc12. The number of carboxylic acids is 1. The minimum Gasteiger partial charge on any atom is -0.481 e. The van der Waals surface area contributed by atoms with Crippen LogP contribution >= 0.6 is 0 Å². The molecule has 2 aliphatic heterocycles. The van der Waals surface area contributed by atoms with Gasteiger partial charge < -0.3 is 10.0 Å². The van der Waals surface area contributed by atoms with Crippen molar-refractivity contribution in [2.45, 2.75) is 31.3 Å². The van der Waals surface area contributed by atoms with Gasteiger partial charge in [-0.05, 0) is 25.3 Å². The first kappa shape index (κ1) is 11.6. The molecule has 1 aromatic carbocycles. The summed E-state index contributed by atoms with van der Waals surface area (Å²) in [5.74, 6) is -0.922. The molecule has 3 unspecified atom stereocenters. The molecule has 5 heteroatoms. The fourth-order valence-electron chi connectivity index (χ4n) is 3.83. The van der Waals surface area contributed by atoms with Crippen LogP contribution in [0.25, 0.3) is 10.9 Å². The molecule has 20 heavy (non-hydrogen) atoms. The summed E-state index contributed by atoms with van der Waals surface area (Å²) in [5, 5.41) is 18.6. The van der Waals surface area contributed by atoms with Crippen molar-refractivity contribution in [2.24, 2.45) is 5.92 Å². The predicted molar refractivity (Wildman–Crippen MR) is 74.6 cm³/mol. The van der Waals surface area contributed by atoms with Crippen molar-refractivity contribution >= 4 is 22.6 Å². The zero-order chi connectivity index (χ0) is 13.7. The summed E-state index contributed by atoms with van der Waals surface area (Å²) < 4.78 is 0. The quantitative estimate of drug-likeness (QED) is 0.904. The molecule has 102 valence electrons. The normalized spacial score (nSPS) is 28.2. The number of aromatic nitrogens is 2. The molecular formula is C15H15N3O2. The van der Waals surface area contributed by atoms with Crippen molar-refractivity contribution in [1.82, 2.24) is 10.2 Å². The van der Waals surface area contributed by atoms with Crippen LogP contribution in [0.4, 0.5) is 5.69 Å². The van der Waals surface area contributed by atoms with Crippen molar-refractivity contribution < 1.29 is 9.90 Å². The molecule has 0 saturated carbocycles. The molecule has 5 nitrogen and oxygen atoms in total. The third-order valence-corrected chi connectivity index (χ3v) is 4.66. The largest absolute Gasteiger partial charge is 0.481 e. The molecule has 4 rings (SSSR count). The van der Waals surface area contributed by atoms with E-state index >= 15 is 0 Å². The number of hydrogen-bond donors (Lipinski definition) is 1. The molecule has 2 fully saturated rings. The average Bonchev–Trinajstić information content (AvgIpc) is 3.04. The Bertz CT molecular complexity index is 682. The summed E-state index contributed by atoms with van der Waals surface area (Å²) >= 11 is 0. The van der Waals surface area contributed by atoms with E-state index in [-0.39, 0.29) is 12.0 Å². The Kier molecular flexibility index (Phi) is 2.42. The van der Waals surface area contributed by atoms with Crippen LogP contribution in [0.15, 0.2) is 30.5 Å². The maximum Gasteiger partial charge on any atom is 0.308 e. The lowest BCUT2D eigenvalue weighted by molar-refractivity contribution is -0.142. The smallest absolute Gasteiger partial charge is 0.308 e. The molecule has 3 heterocycles. The lowest BCUT2D eigenvalue weighted by Crippen LogP contribution is -2.33. The van der Waals surface area contributed by atoms with E-state index in [1.807, 2.05) is 24.3 Å². The lowest BCUT2D eigenvalue weighted by Gasteiger charge is -2.26. The highest BCUT2D eigenvalue weighted by Gasteiger charge is 2.49. The molecule has 0 aliphatic carbocycles. The fraction of sp³-hybridized carbons (Fsp3) is 0.400. The monoisotopic (exact) mass is 269 g/mol. The predicted octanol–water partition coefficient (Wildman–Crippen LogP) is 2.07. The van der Waals surface area contributed by atoms with Gasteiger partial charge >= 0.3 is 5.97 Å². The van der Waals surface area contributed by atoms with Crippen LogP contribution in [0.3, 0.4) is 0 Å². The zero-order valence-electron chi connectivity index (χ0n) is 10.9. The van der Waals surface area contributed by atoms with E-state index < -0.39 is 5.97 Å². The molecule has 2 aliphatic rings. The first-order valence-electron chi connectivity index (χ1n) is 6.97. The number of benzene rings is 1. The molecule has 0 amide bonds. The first-order chi connectivity index (χ1) is 9.75. The standard InChI is InChI=1S/C15H15N3O2/c19-15(20)11-7-9-5-6-13(11)18(9)14-8-16-17-12-4-2-1-3-10(12)14/h1-4,8-9,11,13H,5-7H2,(H,19,20). The van der Waals surface area contributed by atoms with E-state index in [1.54, 1.807) is 6.20 Å². The summed E-state index contributed by atoms with van der Waals surface area (Å²) in [4.78, 5) is 13.7. The van der Waals surface area contributed by atoms with Crippen molar-refractivity contribution in [3.8, 4) is 0 Å². The zero-order valence-corrected chi connectivity index (χ0v) is 10.9. The molecule has 1 N–H and O–H groups in total. The lowest BCUT2D eigenvalue weighted by atomic mass is 9.89. The fourth-order valence-corrected chi connectivity index (χ4v) is 3.83. The summed E-state index contributed by atoms with van der Waals surface area (Å²) in [6, 6.07) is 8.34. The Balaban J connectivity index is 1.83. The van der Waals surface area contributed by atoms with E-state index in [0.29, 0.717) is 6.04 Å². The van der Waals surface area contributed by atoms with Crippen LogP contribution in [-0.4, -0.2) is 33.4 Å². The highest BCUT2D eigenvalue weighted by atomic mass is 16.4.